The van der Waals surface area contributed by atoms with E-state index in [1.54, 1.807) is 28.9 Å². The fourth-order valence-electron chi connectivity index (χ4n) is 2.83. The number of hydrogen-bond donors (Lipinski definition) is 0. The Hall–Kier alpha value is -2.09. The smallest absolute Gasteiger partial charge is 0.254 e. The van der Waals surface area contributed by atoms with Crippen LogP contribution in [0.3, 0.4) is 0 Å². The van der Waals surface area contributed by atoms with E-state index in [0.29, 0.717) is 40.7 Å². The number of halogens is 2. The Labute approximate surface area is 160 Å². The molecule has 4 rings (SSSR count). The van der Waals surface area contributed by atoms with Crippen molar-refractivity contribution in [3.8, 4) is 5.75 Å². The van der Waals surface area contributed by atoms with Gasteiger partial charge in [0, 0.05) is 24.3 Å². The van der Waals surface area contributed by atoms with Crippen molar-refractivity contribution >= 4 is 34.9 Å². The summed E-state index contributed by atoms with van der Waals surface area (Å²) in [5.74, 6) is 1.73. The second-order valence-electron chi connectivity index (χ2n) is 5.93. The van der Waals surface area contributed by atoms with Crippen molar-refractivity contribution in [2.75, 3.05) is 31.2 Å². The largest absolute Gasteiger partial charge is 0.483 e. The van der Waals surface area contributed by atoms with E-state index in [9.17, 15) is 0 Å². The van der Waals surface area contributed by atoms with E-state index in [0.717, 1.165) is 18.8 Å². The summed E-state index contributed by atoms with van der Waals surface area (Å²) >= 11 is 12.2. The predicted octanol–water partition coefficient (Wildman–Crippen LogP) is 3.41. The summed E-state index contributed by atoms with van der Waals surface area (Å²) in [5, 5.41) is 5.64. The van der Waals surface area contributed by atoms with Crippen LogP contribution in [0.15, 0.2) is 30.5 Å². The standard InChI is InChI=1S/C17H17Cl2N5O2/c1-11(26-15-3-2-12(18)10-13(15)19)14-4-5-20-16-21-17(22-24(14)16)23-6-8-25-9-7-23/h2-5,10-11H,6-9H2,1H3/t11-/m1/s1. The lowest BCUT2D eigenvalue weighted by Gasteiger charge is -2.25. The van der Waals surface area contributed by atoms with Crippen LogP contribution in [0.2, 0.25) is 10.0 Å². The Morgan fingerprint density at radius 3 is 2.77 bits per heavy atom. The molecule has 3 heterocycles. The molecule has 26 heavy (non-hydrogen) atoms. The number of benzene rings is 1. The summed E-state index contributed by atoms with van der Waals surface area (Å²) in [7, 11) is 0. The maximum absolute atomic E-state index is 6.21. The molecular weight excluding hydrogens is 377 g/mol. The van der Waals surface area contributed by atoms with Crippen molar-refractivity contribution in [3.63, 3.8) is 0 Å². The lowest BCUT2D eigenvalue weighted by atomic mass is 10.2. The second-order valence-corrected chi connectivity index (χ2v) is 6.77. The number of nitrogens with zero attached hydrogens (tertiary/aromatic N) is 5. The third-order valence-corrected chi connectivity index (χ3v) is 4.70. The molecule has 1 aliphatic heterocycles. The third-order valence-electron chi connectivity index (χ3n) is 4.17. The molecule has 3 aromatic rings. The zero-order valence-corrected chi connectivity index (χ0v) is 15.6. The molecule has 1 atom stereocenters. The summed E-state index contributed by atoms with van der Waals surface area (Å²) in [5.41, 5.74) is 0.827. The van der Waals surface area contributed by atoms with E-state index in [1.807, 2.05) is 13.0 Å². The molecule has 0 N–H and O–H groups in total. The van der Waals surface area contributed by atoms with Gasteiger partial charge in [-0.15, -0.1) is 5.10 Å². The van der Waals surface area contributed by atoms with E-state index in [1.165, 1.54) is 0 Å². The maximum Gasteiger partial charge on any atom is 0.254 e. The Morgan fingerprint density at radius 1 is 1.19 bits per heavy atom. The van der Waals surface area contributed by atoms with Gasteiger partial charge in [-0.25, -0.2) is 4.98 Å². The lowest BCUT2D eigenvalue weighted by molar-refractivity contribution is 0.122. The molecule has 0 aliphatic carbocycles. The summed E-state index contributed by atoms with van der Waals surface area (Å²) in [4.78, 5) is 10.9. The van der Waals surface area contributed by atoms with E-state index in [4.69, 9.17) is 32.7 Å². The van der Waals surface area contributed by atoms with Crippen molar-refractivity contribution in [1.29, 1.82) is 0 Å². The molecule has 1 aromatic carbocycles. The monoisotopic (exact) mass is 393 g/mol. The number of morpholine rings is 1. The Bertz CT molecular complexity index is 927. The second kappa shape index (κ2) is 7.26. The van der Waals surface area contributed by atoms with Crippen molar-refractivity contribution in [2.45, 2.75) is 13.0 Å². The van der Waals surface area contributed by atoms with Crippen LogP contribution in [-0.4, -0.2) is 45.9 Å². The van der Waals surface area contributed by atoms with Gasteiger partial charge < -0.3 is 14.4 Å². The van der Waals surface area contributed by atoms with E-state index >= 15 is 0 Å². The van der Waals surface area contributed by atoms with Crippen LogP contribution in [0.5, 0.6) is 5.75 Å². The number of rotatable bonds is 4. The van der Waals surface area contributed by atoms with Gasteiger partial charge in [0.05, 0.1) is 23.9 Å². The normalized spacial score (nSPS) is 16.0. The van der Waals surface area contributed by atoms with Gasteiger partial charge in [0.25, 0.3) is 5.78 Å². The first-order valence-corrected chi connectivity index (χ1v) is 9.03. The van der Waals surface area contributed by atoms with Crippen molar-refractivity contribution in [3.05, 3.63) is 46.2 Å². The quantitative estimate of drug-likeness (QED) is 0.676. The van der Waals surface area contributed by atoms with Crippen LogP contribution in [0, 0.1) is 0 Å². The van der Waals surface area contributed by atoms with Gasteiger partial charge in [0.2, 0.25) is 5.95 Å². The molecular formula is C17H17Cl2N5O2. The van der Waals surface area contributed by atoms with Crippen LogP contribution in [0.25, 0.3) is 5.78 Å². The molecule has 1 saturated heterocycles. The highest BCUT2D eigenvalue weighted by molar-refractivity contribution is 6.35. The zero-order valence-electron chi connectivity index (χ0n) is 14.1. The van der Waals surface area contributed by atoms with Gasteiger partial charge in [0.1, 0.15) is 11.9 Å². The highest BCUT2D eigenvalue weighted by Gasteiger charge is 2.20. The number of hydrogen-bond acceptors (Lipinski definition) is 6. The molecule has 136 valence electrons. The van der Waals surface area contributed by atoms with Gasteiger partial charge in [0.15, 0.2) is 0 Å². The predicted molar refractivity (Wildman–Crippen MR) is 99.3 cm³/mol. The van der Waals surface area contributed by atoms with Crippen LogP contribution in [0.4, 0.5) is 5.95 Å². The molecule has 2 aromatic heterocycles. The number of aromatic nitrogens is 4. The first kappa shape index (κ1) is 17.3. The molecule has 0 unspecified atom stereocenters. The topological polar surface area (TPSA) is 64.8 Å². The first-order valence-electron chi connectivity index (χ1n) is 8.28. The van der Waals surface area contributed by atoms with Crippen molar-refractivity contribution in [2.24, 2.45) is 0 Å². The van der Waals surface area contributed by atoms with Gasteiger partial charge in [-0.05, 0) is 31.2 Å². The molecule has 0 bridgehead atoms. The van der Waals surface area contributed by atoms with E-state index in [-0.39, 0.29) is 6.10 Å². The summed E-state index contributed by atoms with van der Waals surface area (Å²) < 4.78 is 13.1. The molecule has 0 saturated carbocycles. The summed E-state index contributed by atoms with van der Waals surface area (Å²) in [6, 6.07) is 7.00. The molecule has 7 nitrogen and oxygen atoms in total. The summed E-state index contributed by atoms with van der Waals surface area (Å²) in [6.45, 7) is 4.79. The van der Waals surface area contributed by atoms with E-state index in [2.05, 4.69) is 20.0 Å². The van der Waals surface area contributed by atoms with Crippen LogP contribution in [0.1, 0.15) is 18.7 Å². The van der Waals surface area contributed by atoms with Crippen molar-refractivity contribution < 1.29 is 9.47 Å². The number of fused-ring (bicyclic) bond motifs is 1. The minimum Gasteiger partial charge on any atom is -0.483 e. The molecule has 0 spiro atoms. The minimum atomic E-state index is -0.307. The van der Waals surface area contributed by atoms with Gasteiger partial charge in [-0.2, -0.15) is 9.50 Å². The first-order chi connectivity index (χ1) is 12.6. The highest BCUT2D eigenvalue weighted by Crippen LogP contribution is 2.31. The van der Waals surface area contributed by atoms with Crippen molar-refractivity contribution in [1.82, 2.24) is 19.6 Å². The fraction of sp³-hybridized carbons (Fsp3) is 0.353. The average Bonchev–Trinajstić information content (AvgIpc) is 3.09. The summed E-state index contributed by atoms with van der Waals surface area (Å²) in [6.07, 6.45) is 1.39. The Balaban J connectivity index is 1.63. The fourth-order valence-corrected chi connectivity index (χ4v) is 3.28. The minimum absolute atomic E-state index is 0.307. The molecule has 1 aliphatic rings. The maximum atomic E-state index is 6.21. The number of ether oxygens (including phenoxy) is 2. The SMILES string of the molecule is C[C@@H](Oc1ccc(Cl)cc1Cl)c1ccnc2nc(N3CCOCC3)nn12. The van der Waals surface area contributed by atoms with Gasteiger partial charge in [-0.3, -0.25) is 0 Å². The number of anilines is 1. The Kier molecular flexibility index (Phi) is 4.84. The molecule has 0 amide bonds. The van der Waals surface area contributed by atoms with Gasteiger partial charge >= 0.3 is 0 Å². The zero-order chi connectivity index (χ0) is 18.1. The Morgan fingerprint density at radius 2 is 2.00 bits per heavy atom. The highest BCUT2D eigenvalue weighted by atomic mass is 35.5. The lowest BCUT2D eigenvalue weighted by Crippen LogP contribution is -2.36. The van der Waals surface area contributed by atoms with Crippen LogP contribution in [-0.2, 0) is 4.74 Å². The van der Waals surface area contributed by atoms with Crippen LogP contribution >= 0.6 is 23.2 Å². The average molecular weight is 394 g/mol. The molecule has 9 heteroatoms. The third kappa shape index (κ3) is 3.42. The van der Waals surface area contributed by atoms with Gasteiger partial charge in [-0.1, -0.05) is 23.2 Å². The van der Waals surface area contributed by atoms with E-state index < -0.39 is 0 Å². The molecule has 0 radical (unpaired) electrons. The van der Waals surface area contributed by atoms with Crippen LogP contribution < -0.4 is 9.64 Å². The molecule has 1 fully saturated rings.